The van der Waals surface area contributed by atoms with Crippen molar-refractivity contribution in [2.45, 2.75) is 19.9 Å². The minimum Gasteiger partial charge on any atom is -0.496 e. The SMILES string of the molecule is COc1ccccc1C1CSC(=S)N1C(=O)C(C)C. The molecule has 1 amide bonds. The number of thioether (sulfide) groups is 1. The quantitative estimate of drug-likeness (QED) is 0.801. The Balaban J connectivity index is 2.38. The van der Waals surface area contributed by atoms with Gasteiger partial charge in [0.25, 0.3) is 0 Å². The molecule has 0 bridgehead atoms. The van der Waals surface area contributed by atoms with Crippen molar-refractivity contribution in [2.24, 2.45) is 5.92 Å². The second kappa shape index (κ2) is 5.92. The van der Waals surface area contributed by atoms with E-state index in [-0.39, 0.29) is 17.9 Å². The van der Waals surface area contributed by atoms with E-state index >= 15 is 0 Å². The molecule has 1 aromatic carbocycles. The van der Waals surface area contributed by atoms with Gasteiger partial charge in [0, 0.05) is 17.2 Å². The average molecular weight is 295 g/mol. The third-order valence-corrected chi connectivity index (χ3v) is 4.58. The molecule has 1 saturated heterocycles. The van der Waals surface area contributed by atoms with Crippen molar-refractivity contribution < 1.29 is 9.53 Å². The lowest BCUT2D eigenvalue weighted by Gasteiger charge is -2.26. The number of benzene rings is 1. The topological polar surface area (TPSA) is 29.5 Å². The first-order valence-electron chi connectivity index (χ1n) is 6.19. The monoisotopic (exact) mass is 295 g/mol. The van der Waals surface area contributed by atoms with E-state index in [1.165, 1.54) is 0 Å². The molecule has 3 nitrogen and oxygen atoms in total. The van der Waals surface area contributed by atoms with Crippen LogP contribution in [0.4, 0.5) is 0 Å². The summed E-state index contributed by atoms with van der Waals surface area (Å²) in [4.78, 5) is 14.1. The van der Waals surface area contributed by atoms with Gasteiger partial charge in [-0.25, -0.2) is 0 Å². The van der Waals surface area contributed by atoms with Crippen LogP contribution in [0.2, 0.25) is 0 Å². The summed E-state index contributed by atoms with van der Waals surface area (Å²) in [5.41, 5.74) is 1.02. The molecule has 5 heteroatoms. The minimum atomic E-state index is -0.0612. The number of methoxy groups -OCH3 is 1. The van der Waals surface area contributed by atoms with Crippen LogP contribution in [0.3, 0.4) is 0 Å². The minimum absolute atomic E-state index is 0.0245. The zero-order valence-electron chi connectivity index (χ0n) is 11.3. The predicted octanol–water partition coefficient (Wildman–Crippen LogP) is 3.25. The van der Waals surface area contributed by atoms with E-state index in [0.29, 0.717) is 4.32 Å². The maximum Gasteiger partial charge on any atom is 0.231 e. The summed E-state index contributed by atoms with van der Waals surface area (Å²) in [5.74, 6) is 1.61. The average Bonchev–Trinajstić information content (AvgIpc) is 2.79. The Labute approximate surface area is 123 Å². The lowest BCUT2D eigenvalue weighted by atomic mass is 10.0. The Kier molecular flexibility index (Phi) is 4.47. The van der Waals surface area contributed by atoms with Gasteiger partial charge in [-0.05, 0) is 6.07 Å². The standard InChI is InChI=1S/C14H17NO2S2/c1-9(2)13(16)15-11(8-19-14(15)18)10-6-4-5-7-12(10)17-3/h4-7,9,11H,8H2,1-3H3. The summed E-state index contributed by atoms with van der Waals surface area (Å²) >= 11 is 6.87. The highest BCUT2D eigenvalue weighted by Crippen LogP contribution is 2.39. The smallest absolute Gasteiger partial charge is 0.231 e. The Morgan fingerprint density at radius 1 is 1.47 bits per heavy atom. The van der Waals surface area contributed by atoms with Crippen molar-refractivity contribution in [3.05, 3.63) is 29.8 Å². The molecular weight excluding hydrogens is 278 g/mol. The Morgan fingerprint density at radius 2 is 2.16 bits per heavy atom. The molecule has 1 aliphatic heterocycles. The van der Waals surface area contributed by atoms with E-state index in [2.05, 4.69) is 0 Å². The Bertz CT molecular complexity index is 502. The summed E-state index contributed by atoms with van der Waals surface area (Å²) in [6, 6.07) is 7.78. The number of hydrogen-bond acceptors (Lipinski definition) is 4. The van der Waals surface area contributed by atoms with Gasteiger partial charge in [-0.1, -0.05) is 56.0 Å². The molecule has 19 heavy (non-hydrogen) atoms. The van der Waals surface area contributed by atoms with Crippen molar-refractivity contribution in [3.63, 3.8) is 0 Å². The molecular formula is C14H17NO2S2. The number of amides is 1. The largest absolute Gasteiger partial charge is 0.496 e. The Hall–Kier alpha value is -1.07. The van der Waals surface area contributed by atoms with Gasteiger partial charge in [0.1, 0.15) is 10.1 Å². The molecule has 1 aromatic rings. The zero-order valence-corrected chi connectivity index (χ0v) is 12.9. The molecule has 1 fully saturated rings. The first-order chi connectivity index (χ1) is 9.06. The third-order valence-electron chi connectivity index (χ3n) is 3.10. The van der Waals surface area contributed by atoms with E-state index in [4.69, 9.17) is 17.0 Å². The normalized spacial score (nSPS) is 19.1. The van der Waals surface area contributed by atoms with E-state index < -0.39 is 0 Å². The number of thiocarbonyl (C=S) groups is 1. The Morgan fingerprint density at radius 3 is 2.79 bits per heavy atom. The van der Waals surface area contributed by atoms with Crippen molar-refractivity contribution in [1.82, 2.24) is 4.90 Å². The van der Waals surface area contributed by atoms with Gasteiger partial charge >= 0.3 is 0 Å². The van der Waals surface area contributed by atoms with Gasteiger partial charge in [0.15, 0.2) is 0 Å². The first kappa shape index (κ1) is 14.3. The fourth-order valence-corrected chi connectivity index (χ4v) is 3.52. The van der Waals surface area contributed by atoms with E-state index in [0.717, 1.165) is 17.1 Å². The second-order valence-corrected chi connectivity index (χ2v) is 6.35. The molecule has 0 aliphatic carbocycles. The molecule has 0 radical (unpaired) electrons. The van der Waals surface area contributed by atoms with Gasteiger partial charge in [-0.15, -0.1) is 0 Å². The fourth-order valence-electron chi connectivity index (χ4n) is 2.11. The number of rotatable bonds is 3. The number of hydrogen-bond donors (Lipinski definition) is 0. The van der Waals surface area contributed by atoms with Crippen molar-refractivity contribution >= 4 is 34.2 Å². The van der Waals surface area contributed by atoms with E-state index in [1.54, 1.807) is 23.8 Å². The van der Waals surface area contributed by atoms with Gasteiger partial charge < -0.3 is 4.74 Å². The number of para-hydroxylation sites is 1. The van der Waals surface area contributed by atoms with Gasteiger partial charge in [0.2, 0.25) is 5.91 Å². The predicted molar refractivity (Wildman–Crippen MR) is 82.5 cm³/mol. The summed E-state index contributed by atoms with van der Waals surface area (Å²) in [5, 5.41) is 0. The summed E-state index contributed by atoms with van der Waals surface area (Å²) in [6.07, 6.45) is 0. The van der Waals surface area contributed by atoms with Gasteiger partial charge in [-0.2, -0.15) is 0 Å². The van der Waals surface area contributed by atoms with Crippen LogP contribution in [-0.2, 0) is 4.79 Å². The molecule has 1 unspecified atom stereocenters. The highest BCUT2D eigenvalue weighted by molar-refractivity contribution is 8.23. The third kappa shape index (κ3) is 2.77. The highest BCUT2D eigenvalue weighted by atomic mass is 32.2. The molecule has 0 spiro atoms. The lowest BCUT2D eigenvalue weighted by Crippen LogP contribution is -2.36. The van der Waals surface area contributed by atoms with Crippen LogP contribution in [0.15, 0.2) is 24.3 Å². The molecule has 2 rings (SSSR count). The second-order valence-electron chi connectivity index (χ2n) is 4.70. The van der Waals surface area contributed by atoms with Crippen LogP contribution in [0, 0.1) is 5.92 Å². The first-order valence-corrected chi connectivity index (χ1v) is 7.58. The van der Waals surface area contributed by atoms with Crippen LogP contribution < -0.4 is 4.74 Å². The number of nitrogens with zero attached hydrogens (tertiary/aromatic N) is 1. The van der Waals surface area contributed by atoms with E-state index in [9.17, 15) is 4.79 Å². The summed E-state index contributed by atoms with van der Waals surface area (Å²) < 4.78 is 6.05. The highest BCUT2D eigenvalue weighted by Gasteiger charge is 2.37. The molecule has 102 valence electrons. The molecule has 0 aromatic heterocycles. The van der Waals surface area contributed by atoms with Gasteiger partial charge in [-0.3, -0.25) is 9.69 Å². The van der Waals surface area contributed by atoms with Crippen LogP contribution in [0.1, 0.15) is 25.5 Å². The van der Waals surface area contributed by atoms with Crippen molar-refractivity contribution in [3.8, 4) is 5.75 Å². The molecule has 0 N–H and O–H groups in total. The number of ether oxygens (including phenoxy) is 1. The zero-order chi connectivity index (χ0) is 14.0. The molecule has 1 heterocycles. The van der Waals surface area contributed by atoms with Crippen molar-refractivity contribution in [2.75, 3.05) is 12.9 Å². The maximum absolute atomic E-state index is 12.3. The van der Waals surface area contributed by atoms with Gasteiger partial charge in [0.05, 0.1) is 13.2 Å². The molecule has 0 saturated carbocycles. The van der Waals surface area contributed by atoms with Crippen molar-refractivity contribution in [1.29, 1.82) is 0 Å². The summed E-state index contributed by atoms with van der Waals surface area (Å²) in [7, 11) is 1.65. The van der Waals surface area contributed by atoms with Crippen LogP contribution in [0.25, 0.3) is 0 Å². The number of carbonyl (C=O) groups excluding carboxylic acids is 1. The fraction of sp³-hybridized carbons (Fsp3) is 0.429. The maximum atomic E-state index is 12.3. The lowest BCUT2D eigenvalue weighted by molar-refractivity contribution is -0.131. The molecule has 1 atom stereocenters. The molecule has 1 aliphatic rings. The van der Waals surface area contributed by atoms with E-state index in [1.807, 2.05) is 38.1 Å². The van der Waals surface area contributed by atoms with Crippen LogP contribution in [0.5, 0.6) is 5.75 Å². The summed E-state index contributed by atoms with van der Waals surface area (Å²) in [6.45, 7) is 3.79. The number of carbonyl (C=O) groups is 1. The van der Waals surface area contributed by atoms with Crippen LogP contribution >= 0.6 is 24.0 Å². The van der Waals surface area contributed by atoms with Crippen LogP contribution in [-0.4, -0.2) is 28.0 Å².